The summed E-state index contributed by atoms with van der Waals surface area (Å²) in [5.74, 6) is 0.413. The Balaban J connectivity index is 1.74. The lowest BCUT2D eigenvalue weighted by Gasteiger charge is -2.29. The third-order valence-electron chi connectivity index (χ3n) is 4.27. The molecule has 112 valence electrons. The summed E-state index contributed by atoms with van der Waals surface area (Å²) in [6.07, 6.45) is 5.83. The van der Waals surface area contributed by atoms with Gasteiger partial charge in [0.2, 0.25) is 5.91 Å². The molecule has 1 aliphatic rings. The number of aromatic nitrogens is 5. The molecule has 21 heavy (non-hydrogen) atoms. The van der Waals surface area contributed by atoms with Crippen molar-refractivity contribution in [2.24, 2.45) is 0 Å². The van der Waals surface area contributed by atoms with Crippen LogP contribution >= 0.6 is 0 Å². The van der Waals surface area contributed by atoms with Crippen LogP contribution in [0.25, 0.3) is 0 Å². The molecule has 1 N–H and O–H groups in total. The van der Waals surface area contributed by atoms with E-state index in [0.717, 1.165) is 30.8 Å². The van der Waals surface area contributed by atoms with E-state index in [-0.39, 0.29) is 5.91 Å². The summed E-state index contributed by atoms with van der Waals surface area (Å²) >= 11 is 0. The summed E-state index contributed by atoms with van der Waals surface area (Å²) in [4.78, 5) is 18.6. The molecule has 3 rings (SSSR count). The highest BCUT2D eigenvalue weighted by molar-refractivity contribution is 5.84. The minimum atomic E-state index is -0.714. The maximum Gasteiger partial charge on any atom is 0.250 e. The van der Waals surface area contributed by atoms with E-state index in [4.69, 9.17) is 0 Å². The highest BCUT2D eigenvalue weighted by Crippen LogP contribution is 2.30. The molecule has 7 heteroatoms. The predicted molar refractivity (Wildman–Crippen MR) is 76.6 cm³/mol. The van der Waals surface area contributed by atoms with E-state index >= 15 is 0 Å². The lowest BCUT2D eigenvalue weighted by Crippen LogP contribution is -2.46. The fourth-order valence-electron chi connectivity index (χ4n) is 2.93. The van der Waals surface area contributed by atoms with Crippen LogP contribution in [0.1, 0.15) is 37.4 Å². The molecule has 1 amide bonds. The van der Waals surface area contributed by atoms with Crippen molar-refractivity contribution in [2.45, 2.75) is 38.6 Å². The maximum atomic E-state index is 12.8. The quantitative estimate of drug-likeness (QED) is 0.916. The number of carbonyl (C=O) groups excluding carboxylic acids is 1. The fourth-order valence-corrected chi connectivity index (χ4v) is 2.93. The van der Waals surface area contributed by atoms with Gasteiger partial charge in [0.05, 0.1) is 6.20 Å². The van der Waals surface area contributed by atoms with Crippen molar-refractivity contribution >= 4 is 5.91 Å². The summed E-state index contributed by atoms with van der Waals surface area (Å²) in [5, 5.41) is 11.2. The van der Waals surface area contributed by atoms with Crippen LogP contribution in [0.2, 0.25) is 0 Å². The second kappa shape index (κ2) is 4.98. The van der Waals surface area contributed by atoms with Crippen molar-refractivity contribution in [1.82, 2.24) is 29.9 Å². The Morgan fingerprint density at radius 3 is 2.90 bits per heavy atom. The lowest BCUT2D eigenvalue weighted by molar-refractivity contribution is -0.138. The predicted octanol–water partition coefficient (Wildman–Crippen LogP) is 1.06. The highest BCUT2D eigenvalue weighted by Gasteiger charge is 2.38. The molecule has 1 atom stereocenters. The first-order valence-electron chi connectivity index (χ1n) is 7.14. The minimum absolute atomic E-state index is 0.0765. The van der Waals surface area contributed by atoms with Crippen LogP contribution in [0.15, 0.2) is 18.9 Å². The Labute approximate surface area is 123 Å². The zero-order valence-electron chi connectivity index (χ0n) is 12.6. The number of rotatable bonds is 3. The summed E-state index contributed by atoms with van der Waals surface area (Å²) in [6.45, 7) is 7.28. The molecular weight excluding hydrogens is 268 g/mol. The van der Waals surface area contributed by atoms with E-state index in [2.05, 4.69) is 20.3 Å². The first-order chi connectivity index (χ1) is 10.00. The monoisotopic (exact) mass is 288 g/mol. The van der Waals surface area contributed by atoms with Gasteiger partial charge in [-0.25, -0.2) is 9.67 Å². The molecule has 3 heterocycles. The van der Waals surface area contributed by atoms with E-state index in [9.17, 15) is 4.79 Å². The number of hydrogen-bond donors (Lipinski definition) is 1. The summed E-state index contributed by atoms with van der Waals surface area (Å²) in [6, 6.07) is 0. The molecule has 0 radical (unpaired) electrons. The van der Waals surface area contributed by atoms with Crippen molar-refractivity contribution in [3.8, 4) is 0 Å². The first-order valence-corrected chi connectivity index (χ1v) is 7.14. The van der Waals surface area contributed by atoms with Gasteiger partial charge in [-0.2, -0.15) is 10.2 Å². The number of hydrogen-bond acceptors (Lipinski definition) is 4. The molecule has 1 aliphatic heterocycles. The van der Waals surface area contributed by atoms with Crippen LogP contribution in [-0.2, 0) is 10.3 Å². The largest absolute Gasteiger partial charge is 0.340 e. The Morgan fingerprint density at radius 1 is 1.48 bits per heavy atom. The van der Waals surface area contributed by atoms with E-state index in [1.54, 1.807) is 11.0 Å². The summed E-state index contributed by atoms with van der Waals surface area (Å²) in [7, 11) is 0. The number of H-pyrrole nitrogens is 1. The zero-order chi connectivity index (χ0) is 15.0. The van der Waals surface area contributed by atoms with E-state index < -0.39 is 5.54 Å². The normalized spacial score (nSPS) is 19.2. The number of aromatic amines is 1. The number of amides is 1. The molecule has 2 aromatic rings. The summed E-state index contributed by atoms with van der Waals surface area (Å²) in [5.41, 5.74) is 1.59. The van der Waals surface area contributed by atoms with Crippen molar-refractivity contribution in [3.05, 3.63) is 30.1 Å². The molecule has 1 fully saturated rings. The highest BCUT2D eigenvalue weighted by atomic mass is 16.2. The van der Waals surface area contributed by atoms with Gasteiger partial charge in [-0.15, -0.1) is 0 Å². The molecule has 0 saturated carbocycles. The van der Waals surface area contributed by atoms with Gasteiger partial charge in [0, 0.05) is 24.7 Å². The average Bonchev–Trinajstić information content (AvgIpc) is 3.18. The van der Waals surface area contributed by atoms with Gasteiger partial charge < -0.3 is 4.90 Å². The van der Waals surface area contributed by atoms with Crippen molar-refractivity contribution < 1.29 is 4.79 Å². The number of likely N-dealkylation sites (tertiary alicyclic amines) is 1. The molecule has 0 spiro atoms. The minimum Gasteiger partial charge on any atom is -0.340 e. The number of nitrogens with zero attached hydrogens (tertiary/aromatic N) is 5. The van der Waals surface area contributed by atoms with E-state index in [1.807, 2.05) is 31.9 Å². The van der Waals surface area contributed by atoms with E-state index in [1.165, 1.54) is 6.33 Å². The van der Waals surface area contributed by atoms with Crippen LogP contribution in [-0.4, -0.2) is 48.9 Å². The number of carbonyl (C=O) groups is 1. The second-order valence-corrected chi connectivity index (χ2v) is 6.10. The SMILES string of the molecule is Cc1cn[nH]c1C1CCN(C(=O)C(C)(C)n2cncn2)C1. The van der Waals surface area contributed by atoms with Crippen LogP contribution in [0.5, 0.6) is 0 Å². The van der Waals surface area contributed by atoms with Gasteiger partial charge in [-0.05, 0) is 32.8 Å². The molecule has 7 nitrogen and oxygen atoms in total. The average molecular weight is 288 g/mol. The molecule has 1 unspecified atom stereocenters. The zero-order valence-corrected chi connectivity index (χ0v) is 12.6. The standard InChI is InChI=1S/C14H20N6O/c1-10-6-16-18-12(10)11-4-5-19(7-11)13(21)14(2,3)20-9-15-8-17-20/h6,8-9,11H,4-5,7H2,1-3H3,(H,16,18). The van der Waals surface area contributed by atoms with Crippen LogP contribution in [0.3, 0.4) is 0 Å². The van der Waals surface area contributed by atoms with Gasteiger partial charge in [0.15, 0.2) is 0 Å². The van der Waals surface area contributed by atoms with E-state index in [0.29, 0.717) is 5.92 Å². The number of aryl methyl sites for hydroxylation is 1. The first kappa shape index (κ1) is 13.8. The molecule has 0 aromatic carbocycles. The maximum absolute atomic E-state index is 12.8. The fraction of sp³-hybridized carbons (Fsp3) is 0.571. The van der Waals surface area contributed by atoms with Crippen LogP contribution in [0.4, 0.5) is 0 Å². The Bertz CT molecular complexity index is 630. The van der Waals surface area contributed by atoms with Gasteiger partial charge >= 0.3 is 0 Å². The smallest absolute Gasteiger partial charge is 0.250 e. The Morgan fingerprint density at radius 2 is 2.29 bits per heavy atom. The van der Waals surface area contributed by atoms with Crippen molar-refractivity contribution in [2.75, 3.05) is 13.1 Å². The van der Waals surface area contributed by atoms with Gasteiger partial charge in [0.25, 0.3) is 0 Å². The van der Waals surface area contributed by atoms with Crippen LogP contribution < -0.4 is 0 Å². The molecular formula is C14H20N6O. The van der Waals surface area contributed by atoms with Crippen molar-refractivity contribution in [3.63, 3.8) is 0 Å². The lowest BCUT2D eigenvalue weighted by atomic mass is 10.0. The molecule has 1 saturated heterocycles. The van der Waals surface area contributed by atoms with Crippen LogP contribution in [0, 0.1) is 6.92 Å². The van der Waals surface area contributed by atoms with Crippen molar-refractivity contribution in [1.29, 1.82) is 0 Å². The molecule has 2 aromatic heterocycles. The van der Waals surface area contributed by atoms with Gasteiger partial charge in [-0.1, -0.05) is 0 Å². The Kier molecular flexibility index (Phi) is 3.27. The van der Waals surface area contributed by atoms with Gasteiger partial charge in [-0.3, -0.25) is 9.89 Å². The third kappa shape index (κ3) is 2.32. The molecule has 0 aliphatic carbocycles. The summed E-state index contributed by atoms with van der Waals surface area (Å²) < 4.78 is 1.62. The number of nitrogens with one attached hydrogen (secondary N) is 1. The molecule has 0 bridgehead atoms. The van der Waals surface area contributed by atoms with Gasteiger partial charge in [0.1, 0.15) is 18.2 Å². The third-order valence-corrected chi connectivity index (χ3v) is 4.27. The topological polar surface area (TPSA) is 79.7 Å². The Hall–Kier alpha value is -2.18. The second-order valence-electron chi connectivity index (χ2n) is 6.10.